The van der Waals surface area contributed by atoms with Gasteiger partial charge < -0.3 is 14.6 Å². The summed E-state index contributed by atoms with van der Waals surface area (Å²) in [5.74, 6) is 6.60. The van der Waals surface area contributed by atoms with Crippen LogP contribution in [0.4, 0.5) is 11.8 Å². The molecule has 174 valence electrons. The molecule has 3 aromatic heterocycles. The van der Waals surface area contributed by atoms with Gasteiger partial charge in [-0.1, -0.05) is 19.3 Å². The SMILES string of the molecule is COC1c2cc3cnc(Nc4ccc(S(N)(=O)=O)cn4)nc3n2C2(CCCCC2)C(=O)N1N. The fourth-order valence-corrected chi connectivity index (χ4v) is 5.29. The van der Waals surface area contributed by atoms with Crippen LogP contribution in [-0.2, 0) is 25.1 Å². The number of anilines is 2. The van der Waals surface area contributed by atoms with Gasteiger partial charge in [0, 0.05) is 24.9 Å². The number of primary sulfonamides is 1. The number of hydrogen-bond donors (Lipinski definition) is 3. The van der Waals surface area contributed by atoms with E-state index in [4.69, 9.17) is 15.7 Å². The van der Waals surface area contributed by atoms with Crippen molar-refractivity contribution in [3.8, 4) is 0 Å². The minimum atomic E-state index is -3.84. The Morgan fingerprint density at radius 3 is 2.58 bits per heavy atom. The Kier molecular flexibility index (Phi) is 5.08. The van der Waals surface area contributed by atoms with Gasteiger partial charge in [-0.15, -0.1) is 0 Å². The fourth-order valence-electron chi connectivity index (χ4n) is 4.83. The number of amides is 1. The van der Waals surface area contributed by atoms with Crippen molar-refractivity contribution in [2.24, 2.45) is 11.0 Å². The van der Waals surface area contributed by atoms with Crippen molar-refractivity contribution in [2.45, 2.75) is 48.8 Å². The largest absolute Gasteiger partial charge is 0.354 e. The number of nitrogens with two attached hydrogens (primary N) is 2. The highest BCUT2D eigenvalue weighted by molar-refractivity contribution is 7.89. The Labute approximate surface area is 190 Å². The molecular formula is C20H24N8O4S. The second-order valence-electron chi connectivity index (χ2n) is 8.32. The molecule has 1 amide bonds. The van der Waals surface area contributed by atoms with Crippen LogP contribution in [0, 0.1) is 0 Å². The normalized spacial score (nSPS) is 20.3. The van der Waals surface area contributed by atoms with Crippen LogP contribution in [0.5, 0.6) is 0 Å². The molecule has 1 atom stereocenters. The topological polar surface area (TPSA) is 171 Å². The van der Waals surface area contributed by atoms with Gasteiger partial charge in [0.1, 0.15) is 21.9 Å². The molecule has 1 aliphatic carbocycles. The Bertz CT molecular complexity index is 1330. The summed E-state index contributed by atoms with van der Waals surface area (Å²) in [5.41, 5.74) is 0.521. The number of pyridine rings is 1. The van der Waals surface area contributed by atoms with E-state index < -0.39 is 21.8 Å². The van der Waals surface area contributed by atoms with Crippen molar-refractivity contribution in [1.82, 2.24) is 24.5 Å². The van der Waals surface area contributed by atoms with Crippen LogP contribution in [0.25, 0.3) is 11.0 Å². The van der Waals surface area contributed by atoms with E-state index in [9.17, 15) is 13.2 Å². The summed E-state index contributed by atoms with van der Waals surface area (Å²) in [6, 6.07) is 4.71. The summed E-state index contributed by atoms with van der Waals surface area (Å²) in [6.07, 6.45) is 6.28. The average Bonchev–Trinajstić information content (AvgIpc) is 3.18. The molecule has 1 spiro atoms. The summed E-state index contributed by atoms with van der Waals surface area (Å²) < 4.78 is 30.4. The number of fused-ring (bicyclic) bond motifs is 4. The van der Waals surface area contributed by atoms with Gasteiger partial charge in [0.25, 0.3) is 5.91 Å². The van der Waals surface area contributed by atoms with E-state index >= 15 is 0 Å². The number of aromatic nitrogens is 4. The van der Waals surface area contributed by atoms with Gasteiger partial charge in [0.05, 0.1) is 5.69 Å². The number of sulfonamides is 1. The number of carbonyl (C=O) groups excluding carboxylic acids is 1. The molecule has 1 fully saturated rings. The fraction of sp³-hybridized carbons (Fsp3) is 0.400. The minimum absolute atomic E-state index is 0.0974. The zero-order valence-corrected chi connectivity index (χ0v) is 18.7. The lowest BCUT2D eigenvalue weighted by Crippen LogP contribution is -2.60. The van der Waals surface area contributed by atoms with E-state index in [1.807, 2.05) is 10.6 Å². The number of carbonyl (C=O) groups is 1. The number of hydrazine groups is 1. The molecule has 33 heavy (non-hydrogen) atoms. The molecule has 0 bridgehead atoms. The number of methoxy groups -OCH3 is 1. The Balaban J connectivity index is 1.60. The van der Waals surface area contributed by atoms with E-state index in [1.165, 1.54) is 24.3 Å². The van der Waals surface area contributed by atoms with E-state index in [1.54, 1.807) is 6.20 Å². The van der Waals surface area contributed by atoms with Crippen LogP contribution < -0.4 is 16.3 Å². The van der Waals surface area contributed by atoms with Crippen molar-refractivity contribution in [2.75, 3.05) is 12.4 Å². The van der Waals surface area contributed by atoms with Crippen LogP contribution >= 0.6 is 0 Å². The van der Waals surface area contributed by atoms with Gasteiger partial charge in [0.2, 0.25) is 16.0 Å². The smallest absolute Gasteiger partial charge is 0.265 e. The van der Waals surface area contributed by atoms with Crippen molar-refractivity contribution >= 4 is 38.7 Å². The molecule has 1 unspecified atom stereocenters. The predicted octanol–water partition coefficient (Wildman–Crippen LogP) is 1.24. The van der Waals surface area contributed by atoms with Gasteiger partial charge in [0.15, 0.2) is 6.23 Å². The highest BCUT2D eigenvalue weighted by Crippen LogP contribution is 2.45. The molecular weight excluding hydrogens is 448 g/mol. The molecule has 13 heteroatoms. The first kappa shape index (κ1) is 21.7. The second kappa shape index (κ2) is 7.73. The molecule has 0 saturated heterocycles. The van der Waals surface area contributed by atoms with Crippen LogP contribution in [0.1, 0.15) is 44.0 Å². The lowest BCUT2D eigenvalue weighted by Gasteiger charge is -2.46. The summed E-state index contributed by atoms with van der Waals surface area (Å²) in [5, 5.41) is 10.0. The third kappa shape index (κ3) is 3.44. The van der Waals surface area contributed by atoms with Crippen LogP contribution in [-0.4, -0.2) is 46.0 Å². The van der Waals surface area contributed by atoms with E-state index in [2.05, 4.69) is 20.3 Å². The van der Waals surface area contributed by atoms with Crippen molar-refractivity contribution in [3.05, 3.63) is 36.3 Å². The Morgan fingerprint density at radius 2 is 1.94 bits per heavy atom. The number of rotatable bonds is 4. The molecule has 0 aromatic carbocycles. The molecule has 4 heterocycles. The van der Waals surface area contributed by atoms with Crippen molar-refractivity contribution in [3.63, 3.8) is 0 Å². The van der Waals surface area contributed by atoms with Crippen LogP contribution in [0.2, 0.25) is 0 Å². The molecule has 0 radical (unpaired) electrons. The maximum absolute atomic E-state index is 13.4. The molecule has 3 aromatic rings. The first-order chi connectivity index (χ1) is 15.7. The molecule has 12 nitrogen and oxygen atoms in total. The number of nitrogens with zero attached hydrogens (tertiary/aromatic N) is 5. The predicted molar refractivity (Wildman–Crippen MR) is 118 cm³/mol. The third-order valence-electron chi connectivity index (χ3n) is 6.34. The second-order valence-corrected chi connectivity index (χ2v) is 9.88. The molecule has 1 aliphatic heterocycles. The Hall–Kier alpha value is -3.13. The monoisotopic (exact) mass is 472 g/mol. The average molecular weight is 473 g/mol. The van der Waals surface area contributed by atoms with Gasteiger partial charge in [-0.25, -0.2) is 34.4 Å². The molecule has 5 rings (SSSR count). The maximum Gasteiger partial charge on any atom is 0.265 e. The zero-order chi connectivity index (χ0) is 23.4. The van der Waals surface area contributed by atoms with Gasteiger partial charge in [-0.2, -0.15) is 4.98 Å². The van der Waals surface area contributed by atoms with Crippen LogP contribution in [0.15, 0.2) is 35.5 Å². The summed E-state index contributed by atoms with van der Waals surface area (Å²) in [6.45, 7) is 0. The lowest BCUT2D eigenvalue weighted by atomic mass is 9.79. The van der Waals surface area contributed by atoms with E-state index in [0.717, 1.165) is 36.5 Å². The maximum atomic E-state index is 13.4. The van der Waals surface area contributed by atoms with Gasteiger partial charge >= 0.3 is 0 Å². The standard InChI is InChI=1S/C20H24N8O4S/c1-32-17-14-9-12-10-24-19(25-15-6-5-13(11-23-15)33(22,30)31)26-16(12)27(14)20(18(29)28(17)21)7-3-2-4-8-20/h5-6,9-11,17H,2-4,7-8,21H2,1H3,(H2,22,30,31)(H,23,24,25,26). The van der Waals surface area contributed by atoms with Gasteiger partial charge in [-0.3, -0.25) is 4.79 Å². The quantitative estimate of drug-likeness (QED) is 0.373. The lowest BCUT2D eigenvalue weighted by molar-refractivity contribution is -0.164. The third-order valence-corrected chi connectivity index (χ3v) is 7.24. The van der Waals surface area contributed by atoms with E-state index in [-0.39, 0.29) is 16.8 Å². The van der Waals surface area contributed by atoms with Crippen molar-refractivity contribution in [1.29, 1.82) is 0 Å². The summed E-state index contributed by atoms with van der Waals surface area (Å²) >= 11 is 0. The molecule has 5 N–H and O–H groups in total. The molecule has 1 saturated carbocycles. The highest BCUT2D eigenvalue weighted by atomic mass is 32.2. The van der Waals surface area contributed by atoms with Crippen LogP contribution in [0.3, 0.4) is 0 Å². The number of ether oxygens (including phenoxy) is 1. The number of nitrogens with one attached hydrogen (secondary N) is 1. The summed E-state index contributed by atoms with van der Waals surface area (Å²) in [7, 11) is -2.33. The molecule has 2 aliphatic rings. The Morgan fingerprint density at radius 1 is 1.18 bits per heavy atom. The van der Waals surface area contributed by atoms with Gasteiger partial charge in [-0.05, 0) is 31.0 Å². The van der Waals surface area contributed by atoms with Crippen molar-refractivity contribution < 1.29 is 17.9 Å². The zero-order valence-electron chi connectivity index (χ0n) is 17.9. The first-order valence-electron chi connectivity index (χ1n) is 10.5. The van der Waals surface area contributed by atoms with E-state index in [0.29, 0.717) is 24.3 Å². The summed E-state index contributed by atoms with van der Waals surface area (Å²) in [4.78, 5) is 26.4. The number of hydrogen-bond acceptors (Lipinski definition) is 9. The first-order valence-corrected chi connectivity index (χ1v) is 12.1. The minimum Gasteiger partial charge on any atom is -0.354 e. The highest BCUT2D eigenvalue weighted by Gasteiger charge is 2.51.